The number of hydrogen-bond acceptors (Lipinski definition) is 3. The van der Waals surface area contributed by atoms with Gasteiger partial charge in [0.25, 0.3) is 0 Å². The van der Waals surface area contributed by atoms with Gasteiger partial charge in [-0.3, -0.25) is 4.79 Å². The summed E-state index contributed by atoms with van der Waals surface area (Å²) in [4.78, 5) is 16.2. The molecule has 0 spiro atoms. The van der Waals surface area contributed by atoms with Crippen LogP contribution < -0.4 is 5.32 Å². The maximum atomic E-state index is 11.8. The highest BCUT2D eigenvalue weighted by Gasteiger charge is 2.24. The number of carbonyl (C=O) groups excluding carboxylic acids is 1. The minimum Gasteiger partial charge on any atom is -0.301 e. The third-order valence-electron chi connectivity index (χ3n) is 2.62. The van der Waals surface area contributed by atoms with Crippen LogP contribution in [0.2, 0.25) is 0 Å². The van der Waals surface area contributed by atoms with Crippen LogP contribution in [0.4, 0.5) is 5.13 Å². The summed E-state index contributed by atoms with van der Waals surface area (Å²) in [6.45, 7) is 5.74. The van der Waals surface area contributed by atoms with Crippen molar-refractivity contribution in [2.45, 2.75) is 31.5 Å². The number of hydrogen-bond donors (Lipinski definition) is 1. The Morgan fingerprint density at radius 2 is 2.22 bits per heavy atom. The molecule has 0 atom stereocenters. The molecule has 3 nitrogen and oxygen atoms in total. The van der Waals surface area contributed by atoms with E-state index in [2.05, 4.69) is 45.3 Å². The predicted octanol–water partition coefficient (Wildman–Crippen LogP) is 3.97. The molecule has 1 N–H and O–H groups in total. The second-order valence-electron chi connectivity index (χ2n) is 4.60. The van der Waals surface area contributed by atoms with Crippen molar-refractivity contribution >= 4 is 48.5 Å². The smallest absolute Gasteiger partial charge is 0.242 e. The Hall–Kier alpha value is -0.940. The zero-order chi connectivity index (χ0) is 13.3. The Labute approximate surface area is 119 Å². The third kappa shape index (κ3) is 2.90. The average molecular weight is 327 g/mol. The SMILES string of the molecule is CCc1ccc2nc(NC(=O)C(C)(C)Br)sc2c1. The standard InChI is InChI=1S/C13H15BrN2OS/c1-4-8-5-6-9-10(7-8)18-12(15-9)16-11(17)13(2,3)14/h5-7H,4H2,1-3H3,(H,15,16,17). The van der Waals surface area contributed by atoms with Crippen LogP contribution in [0.15, 0.2) is 18.2 Å². The largest absolute Gasteiger partial charge is 0.301 e. The van der Waals surface area contributed by atoms with E-state index in [1.54, 1.807) is 0 Å². The molecular formula is C13H15BrN2OS. The van der Waals surface area contributed by atoms with Crippen molar-refractivity contribution in [2.75, 3.05) is 5.32 Å². The number of amides is 1. The number of alkyl halides is 1. The Morgan fingerprint density at radius 1 is 1.50 bits per heavy atom. The van der Waals surface area contributed by atoms with Crippen LogP contribution in [0.3, 0.4) is 0 Å². The summed E-state index contributed by atoms with van der Waals surface area (Å²) in [6, 6.07) is 6.20. The third-order valence-corrected chi connectivity index (χ3v) is 3.92. The first kappa shape index (κ1) is 13.5. The monoisotopic (exact) mass is 326 g/mol. The van der Waals surface area contributed by atoms with E-state index in [1.807, 2.05) is 19.9 Å². The fourth-order valence-corrected chi connectivity index (χ4v) is 2.51. The molecule has 0 saturated carbocycles. The zero-order valence-electron chi connectivity index (χ0n) is 10.6. The molecule has 0 aliphatic heterocycles. The molecule has 1 amide bonds. The minimum absolute atomic E-state index is 0.0859. The van der Waals surface area contributed by atoms with Crippen LogP contribution >= 0.6 is 27.3 Å². The lowest BCUT2D eigenvalue weighted by Crippen LogP contribution is -2.30. The molecule has 96 valence electrons. The Kier molecular flexibility index (Phi) is 3.73. The lowest BCUT2D eigenvalue weighted by molar-refractivity contribution is -0.117. The van der Waals surface area contributed by atoms with Gasteiger partial charge in [-0.1, -0.05) is 40.3 Å². The van der Waals surface area contributed by atoms with Gasteiger partial charge in [-0.2, -0.15) is 0 Å². The molecule has 0 aliphatic carbocycles. The summed E-state index contributed by atoms with van der Waals surface area (Å²) in [7, 11) is 0. The first-order chi connectivity index (χ1) is 8.40. The van der Waals surface area contributed by atoms with Crippen LogP contribution in [0.5, 0.6) is 0 Å². The first-order valence-electron chi connectivity index (χ1n) is 5.80. The second-order valence-corrected chi connectivity index (χ2v) is 7.61. The number of benzene rings is 1. The number of nitrogens with one attached hydrogen (secondary N) is 1. The van der Waals surface area contributed by atoms with Crippen LogP contribution in [0.25, 0.3) is 10.2 Å². The normalized spacial score (nSPS) is 11.8. The number of aromatic nitrogens is 1. The molecule has 18 heavy (non-hydrogen) atoms. The van der Waals surface area contributed by atoms with Gasteiger partial charge in [-0.15, -0.1) is 0 Å². The quantitative estimate of drug-likeness (QED) is 0.867. The molecule has 0 aliphatic rings. The van der Waals surface area contributed by atoms with Crippen molar-refractivity contribution in [3.05, 3.63) is 23.8 Å². The number of halogens is 1. The van der Waals surface area contributed by atoms with Gasteiger partial charge in [0.1, 0.15) is 0 Å². The maximum Gasteiger partial charge on any atom is 0.242 e. The van der Waals surface area contributed by atoms with Crippen molar-refractivity contribution in [1.82, 2.24) is 4.98 Å². The van der Waals surface area contributed by atoms with Crippen molar-refractivity contribution in [1.29, 1.82) is 0 Å². The van der Waals surface area contributed by atoms with Crippen LogP contribution in [0.1, 0.15) is 26.3 Å². The molecule has 1 aromatic heterocycles. The molecule has 0 unspecified atom stereocenters. The molecule has 2 rings (SSSR count). The molecule has 2 aromatic rings. The maximum absolute atomic E-state index is 11.8. The molecule has 1 aromatic carbocycles. The number of fused-ring (bicyclic) bond motifs is 1. The molecule has 1 heterocycles. The van der Waals surface area contributed by atoms with E-state index in [0.29, 0.717) is 5.13 Å². The summed E-state index contributed by atoms with van der Waals surface area (Å²) >= 11 is 4.84. The number of carbonyl (C=O) groups is 1. The lowest BCUT2D eigenvalue weighted by Gasteiger charge is -2.13. The molecule has 0 bridgehead atoms. The van der Waals surface area contributed by atoms with Crippen molar-refractivity contribution in [3.63, 3.8) is 0 Å². The molecule has 0 fully saturated rings. The highest BCUT2D eigenvalue weighted by Crippen LogP contribution is 2.28. The lowest BCUT2D eigenvalue weighted by atomic mass is 10.2. The number of thiazole rings is 1. The zero-order valence-corrected chi connectivity index (χ0v) is 13.0. The van der Waals surface area contributed by atoms with Crippen molar-refractivity contribution in [2.24, 2.45) is 0 Å². The van der Waals surface area contributed by atoms with Crippen molar-refractivity contribution < 1.29 is 4.79 Å². The van der Waals surface area contributed by atoms with Gasteiger partial charge >= 0.3 is 0 Å². The summed E-state index contributed by atoms with van der Waals surface area (Å²) in [5, 5.41) is 3.48. The van der Waals surface area contributed by atoms with E-state index in [4.69, 9.17) is 0 Å². The van der Waals surface area contributed by atoms with Gasteiger partial charge in [0, 0.05) is 0 Å². The van der Waals surface area contributed by atoms with Gasteiger partial charge in [0.15, 0.2) is 5.13 Å². The predicted molar refractivity (Wildman–Crippen MR) is 80.6 cm³/mol. The van der Waals surface area contributed by atoms with Crippen LogP contribution in [-0.4, -0.2) is 15.2 Å². The topological polar surface area (TPSA) is 42.0 Å². The summed E-state index contributed by atoms with van der Waals surface area (Å²) in [6.07, 6.45) is 1.00. The van der Waals surface area contributed by atoms with E-state index >= 15 is 0 Å². The Morgan fingerprint density at radius 3 is 2.83 bits per heavy atom. The van der Waals surface area contributed by atoms with E-state index in [0.717, 1.165) is 16.6 Å². The average Bonchev–Trinajstić information content (AvgIpc) is 2.68. The van der Waals surface area contributed by atoms with E-state index in [-0.39, 0.29) is 5.91 Å². The van der Waals surface area contributed by atoms with Gasteiger partial charge in [-0.05, 0) is 38.0 Å². The summed E-state index contributed by atoms with van der Waals surface area (Å²) < 4.78 is 0.524. The molecule has 0 radical (unpaired) electrons. The van der Waals surface area contributed by atoms with E-state index in [1.165, 1.54) is 16.9 Å². The van der Waals surface area contributed by atoms with E-state index < -0.39 is 4.32 Å². The number of anilines is 1. The summed E-state index contributed by atoms with van der Waals surface area (Å²) in [5.74, 6) is -0.0859. The summed E-state index contributed by atoms with van der Waals surface area (Å²) in [5.41, 5.74) is 2.21. The van der Waals surface area contributed by atoms with Gasteiger partial charge in [-0.25, -0.2) is 4.98 Å². The highest BCUT2D eigenvalue weighted by atomic mass is 79.9. The highest BCUT2D eigenvalue weighted by molar-refractivity contribution is 9.10. The fraction of sp³-hybridized carbons (Fsp3) is 0.385. The van der Waals surface area contributed by atoms with Crippen LogP contribution in [-0.2, 0) is 11.2 Å². The molecule has 0 saturated heterocycles. The van der Waals surface area contributed by atoms with Gasteiger partial charge < -0.3 is 5.32 Å². The fourth-order valence-electron chi connectivity index (χ4n) is 1.49. The number of nitrogens with zero attached hydrogens (tertiary/aromatic N) is 1. The molecule has 5 heteroatoms. The Bertz CT molecular complexity index is 586. The number of rotatable bonds is 3. The van der Waals surface area contributed by atoms with Gasteiger partial charge in [0.2, 0.25) is 5.91 Å². The molecular weight excluding hydrogens is 312 g/mol. The van der Waals surface area contributed by atoms with E-state index in [9.17, 15) is 4.79 Å². The minimum atomic E-state index is -0.584. The first-order valence-corrected chi connectivity index (χ1v) is 7.41. The van der Waals surface area contributed by atoms with Crippen LogP contribution in [0, 0.1) is 0 Å². The number of aryl methyl sites for hydroxylation is 1. The van der Waals surface area contributed by atoms with Gasteiger partial charge in [0.05, 0.1) is 14.5 Å². The Balaban J connectivity index is 2.28. The van der Waals surface area contributed by atoms with Crippen molar-refractivity contribution in [3.8, 4) is 0 Å². The second kappa shape index (κ2) is 4.97.